The topological polar surface area (TPSA) is 34.9 Å². The first-order valence-corrected chi connectivity index (χ1v) is 10.4. The lowest BCUT2D eigenvalue weighted by atomic mass is 10.0. The molecule has 3 nitrogen and oxygen atoms in total. The Kier molecular flexibility index (Phi) is 6.91. The Morgan fingerprint density at radius 1 is 0.900 bits per heavy atom. The number of hydrogen-bond acceptors (Lipinski definition) is 2. The highest BCUT2D eigenvalue weighted by Crippen LogP contribution is 2.19. The number of aromatic nitrogens is 2. The van der Waals surface area contributed by atoms with Crippen LogP contribution in [0.2, 0.25) is 0 Å². The Balaban J connectivity index is 0.00000256. The molecule has 0 aliphatic heterocycles. The van der Waals surface area contributed by atoms with Crippen molar-refractivity contribution in [3.8, 4) is 5.69 Å². The highest BCUT2D eigenvalue weighted by Gasteiger charge is 2.11. The van der Waals surface area contributed by atoms with Gasteiger partial charge in [0.1, 0.15) is 5.82 Å². The molecule has 0 aliphatic carbocycles. The van der Waals surface area contributed by atoms with Crippen LogP contribution in [-0.2, 0) is 0 Å². The Hall–Kier alpha value is -2.69. The summed E-state index contributed by atoms with van der Waals surface area (Å²) in [5, 5.41) is 0.605. The van der Waals surface area contributed by atoms with Gasteiger partial charge in [0.15, 0.2) is 0 Å². The largest absolute Gasteiger partial charge is 0.268 e. The van der Waals surface area contributed by atoms with Gasteiger partial charge in [-0.3, -0.25) is 9.36 Å². The van der Waals surface area contributed by atoms with E-state index in [9.17, 15) is 4.79 Å². The van der Waals surface area contributed by atoms with Crippen molar-refractivity contribution in [3.63, 3.8) is 0 Å². The molecule has 5 heteroatoms. The molecule has 0 unspecified atom stereocenters. The molecule has 4 aromatic rings. The Bertz CT molecular complexity index is 1240. The van der Waals surface area contributed by atoms with Gasteiger partial charge in [-0.1, -0.05) is 72.3 Å². The van der Waals surface area contributed by atoms with Crippen molar-refractivity contribution >= 4 is 51.4 Å². The zero-order chi connectivity index (χ0) is 20.4. The molecule has 0 bridgehead atoms. The minimum Gasteiger partial charge on any atom is -0.268 e. The van der Waals surface area contributed by atoms with Gasteiger partial charge in [-0.15, -0.1) is 12.4 Å². The van der Waals surface area contributed by atoms with Crippen LogP contribution in [0.25, 0.3) is 28.7 Å². The number of fused-ring (bicyclic) bond motifs is 1. The summed E-state index contributed by atoms with van der Waals surface area (Å²) in [5.74, 6) is 1.10. The summed E-state index contributed by atoms with van der Waals surface area (Å²) >= 11 is 3.46. The molecule has 1 aromatic heterocycles. The maximum atomic E-state index is 13.2. The van der Waals surface area contributed by atoms with E-state index in [0.717, 1.165) is 15.7 Å². The Morgan fingerprint density at radius 2 is 1.57 bits per heavy atom. The number of hydrogen-bond donors (Lipinski definition) is 0. The molecular weight excluding hydrogens is 460 g/mol. The third-order valence-electron chi connectivity index (χ3n) is 4.91. The van der Waals surface area contributed by atoms with Gasteiger partial charge < -0.3 is 0 Å². The molecule has 0 spiro atoms. The summed E-state index contributed by atoms with van der Waals surface area (Å²) in [5.41, 5.74) is 3.77. The van der Waals surface area contributed by atoms with Gasteiger partial charge in [-0.25, -0.2) is 4.98 Å². The van der Waals surface area contributed by atoms with Gasteiger partial charge in [-0.05, 0) is 59.5 Å². The fourth-order valence-corrected chi connectivity index (χ4v) is 3.53. The van der Waals surface area contributed by atoms with Gasteiger partial charge in [-0.2, -0.15) is 0 Å². The number of para-hydroxylation sites is 1. The molecule has 0 saturated carbocycles. The lowest BCUT2D eigenvalue weighted by Crippen LogP contribution is -2.22. The second kappa shape index (κ2) is 9.41. The van der Waals surface area contributed by atoms with E-state index in [2.05, 4.69) is 54.0 Å². The SMILES string of the molecule is CC(C)c1ccc(/C=C/c2nc3ccccc3c(=O)n2-c2ccc(Br)cc2)cc1.Cl. The second-order valence-corrected chi connectivity index (χ2v) is 8.17. The van der Waals surface area contributed by atoms with Crippen LogP contribution in [0.1, 0.15) is 36.7 Å². The highest BCUT2D eigenvalue weighted by molar-refractivity contribution is 9.10. The average molecular weight is 482 g/mol. The van der Waals surface area contributed by atoms with Crippen LogP contribution >= 0.6 is 28.3 Å². The van der Waals surface area contributed by atoms with Crippen LogP contribution in [0.3, 0.4) is 0 Å². The first kappa shape index (κ1) is 22.0. The van der Waals surface area contributed by atoms with Crippen LogP contribution in [0.4, 0.5) is 0 Å². The molecule has 0 saturated heterocycles. The van der Waals surface area contributed by atoms with E-state index in [1.165, 1.54) is 5.56 Å². The fourth-order valence-electron chi connectivity index (χ4n) is 3.26. The molecule has 4 rings (SSSR count). The van der Waals surface area contributed by atoms with Crippen molar-refractivity contribution in [1.29, 1.82) is 0 Å². The van der Waals surface area contributed by atoms with Gasteiger partial charge in [0.05, 0.1) is 16.6 Å². The zero-order valence-corrected chi connectivity index (χ0v) is 19.2. The third-order valence-corrected chi connectivity index (χ3v) is 5.44. The molecule has 152 valence electrons. The quantitative estimate of drug-likeness (QED) is 0.319. The minimum absolute atomic E-state index is 0. The first-order valence-electron chi connectivity index (χ1n) is 9.59. The number of nitrogens with zero attached hydrogens (tertiary/aromatic N) is 2. The van der Waals surface area contributed by atoms with Crippen molar-refractivity contribution in [2.45, 2.75) is 19.8 Å². The fraction of sp³-hybridized carbons (Fsp3) is 0.120. The smallest absolute Gasteiger partial charge is 0.266 e. The van der Waals surface area contributed by atoms with Crippen LogP contribution in [0.5, 0.6) is 0 Å². The molecule has 0 N–H and O–H groups in total. The van der Waals surface area contributed by atoms with Crippen LogP contribution in [0.15, 0.2) is 82.1 Å². The van der Waals surface area contributed by atoms with Crippen LogP contribution < -0.4 is 5.56 Å². The van der Waals surface area contributed by atoms with Gasteiger partial charge in [0.25, 0.3) is 5.56 Å². The van der Waals surface area contributed by atoms with E-state index >= 15 is 0 Å². The number of halogens is 2. The minimum atomic E-state index is -0.0762. The molecule has 0 fully saturated rings. The van der Waals surface area contributed by atoms with Crippen molar-refractivity contribution in [3.05, 3.63) is 105 Å². The summed E-state index contributed by atoms with van der Waals surface area (Å²) in [4.78, 5) is 18.0. The predicted octanol–water partition coefficient (Wildman–Crippen LogP) is 6.86. The summed E-state index contributed by atoms with van der Waals surface area (Å²) in [6.07, 6.45) is 3.90. The summed E-state index contributed by atoms with van der Waals surface area (Å²) in [6.45, 7) is 4.36. The van der Waals surface area contributed by atoms with Gasteiger partial charge in [0.2, 0.25) is 0 Å². The van der Waals surface area contributed by atoms with Crippen molar-refractivity contribution in [2.75, 3.05) is 0 Å². The van der Waals surface area contributed by atoms with Crippen molar-refractivity contribution in [1.82, 2.24) is 9.55 Å². The van der Waals surface area contributed by atoms with Gasteiger partial charge in [0, 0.05) is 4.47 Å². The standard InChI is InChI=1S/C25H21BrN2O.ClH/c1-17(2)19-10-7-18(8-11-19)9-16-24-27-23-6-4-3-5-22(23)25(29)28(24)21-14-12-20(26)13-15-21;/h3-17H,1-2H3;1H/b16-9+;. The van der Waals surface area contributed by atoms with Gasteiger partial charge >= 0.3 is 0 Å². The van der Waals surface area contributed by atoms with E-state index < -0.39 is 0 Å². The Labute approximate surface area is 190 Å². The van der Waals surface area contributed by atoms with Crippen LogP contribution in [0, 0.1) is 0 Å². The van der Waals surface area contributed by atoms with E-state index in [1.54, 1.807) is 4.57 Å². The molecule has 0 atom stereocenters. The third kappa shape index (κ3) is 4.55. The average Bonchev–Trinajstić information content (AvgIpc) is 2.73. The summed E-state index contributed by atoms with van der Waals surface area (Å²) in [6, 6.07) is 23.6. The number of rotatable bonds is 4. The lowest BCUT2D eigenvalue weighted by molar-refractivity contribution is 0.866. The molecule has 0 radical (unpaired) electrons. The summed E-state index contributed by atoms with van der Waals surface area (Å²) in [7, 11) is 0. The predicted molar refractivity (Wildman–Crippen MR) is 132 cm³/mol. The monoisotopic (exact) mass is 480 g/mol. The molecule has 1 heterocycles. The molecule has 0 amide bonds. The Morgan fingerprint density at radius 3 is 2.23 bits per heavy atom. The maximum Gasteiger partial charge on any atom is 0.266 e. The molecule has 3 aromatic carbocycles. The molecule has 30 heavy (non-hydrogen) atoms. The lowest BCUT2D eigenvalue weighted by Gasteiger charge is -2.11. The van der Waals surface area contributed by atoms with Crippen molar-refractivity contribution < 1.29 is 0 Å². The first-order chi connectivity index (χ1) is 14.0. The summed E-state index contributed by atoms with van der Waals surface area (Å²) < 4.78 is 2.62. The van der Waals surface area contributed by atoms with Crippen molar-refractivity contribution in [2.24, 2.45) is 0 Å². The maximum absolute atomic E-state index is 13.2. The van der Waals surface area contributed by atoms with Crippen LogP contribution in [-0.4, -0.2) is 9.55 Å². The molecule has 0 aliphatic rings. The van der Waals surface area contributed by atoms with E-state index in [1.807, 2.05) is 60.7 Å². The van der Waals surface area contributed by atoms with E-state index in [-0.39, 0.29) is 18.0 Å². The van der Waals surface area contributed by atoms with E-state index in [0.29, 0.717) is 22.6 Å². The normalized spacial score (nSPS) is 11.2. The number of benzene rings is 3. The highest BCUT2D eigenvalue weighted by atomic mass is 79.9. The second-order valence-electron chi connectivity index (χ2n) is 7.26. The zero-order valence-electron chi connectivity index (χ0n) is 16.7. The molecular formula is C25H22BrClN2O. The van der Waals surface area contributed by atoms with E-state index in [4.69, 9.17) is 4.98 Å².